The first kappa shape index (κ1) is 19.2. The van der Waals surface area contributed by atoms with Crippen molar-refractivity contribution in [3.8, 4) is 6.01 Å². The molecule has 1 aliphatic rings. The van der Waals surface area contributed by atoms with Crippen molar-refractivity contribution in [1.82, 2.24) is 15.3 Å². The molecule has 3 rings (SSSR count). The van der Waals surface area contributed by atoms with Crippen molar-refractivity contribution >= 4 is 29.3 Å². The summed E-state index contributed by atoms with van der Waals surface area (Å²) in [6.45, 7) is 0.350. The maximum atomic E-state index is 12.6. The van der Waals surface area contributed by atoms with Crippen molar-refractivity contribution in [2.24, 2.45) is 0 Å². The molecule has 138 valence electrons. The Kier molecular flexibility index (Phi) is 6.68. The number of amides is 1. The molecular weight excluding hydrogens is 382 g/mol. The van der Waals surface area contributed by atoms with Crippen LogP contribution in [0.2, 0.25) is 5.02 Å². The lowest BCUT2D eigenvalue weighted by Crippen LogP contribution is -2.24. The monoisotopic (exact) mass is 399 g/mol. The molecule has 1 aromatic heterocycles. The first-order chi connectivity index (χ1) is 13.2. The minimum Gasteiger partial charge on any atom is -0.424 e. The summed E-state index contributed by atoms with van der Waals surface area (Å²) in [5.41, 5.74) is 1.39. The number of nitrogens with zero attached hydrogens (tertiary/aromatic N) is 2. The Bertz CT molecular complexity index is 911. The summed E-state index contributed by atoms with van der Waals surface area (Å²) >= 11 is 7.90. The third-order valence-corrected chi connectivity index (χ3v) is 4.84. The van der Waals surface area contributed by atoms with Gasteiger partial charge >= 0.3 is 6.01 Å². The fourth-order valence-electron chi connectivity index (χ4n) is 2.38. The van der Waals surface area contributed by atoms with Gasteiger partial charge < -0.3 is 10.1 Å². The molecule has 0 fully saturated rings. The number of benzene rings is 1. The quantitative estimate of drug-likeness (QED) is 0.733. The average Bonchev–Trinajstić information content (AvgIpc) is 2.93. The van der Waals surface area contributed by atoms with Crippen molar-refractivity contribution in [3.63, 3.8) is 0 Å². The maximum Gasteiger partial charge on any atom is 0.321 e. The van der Waals surface area contributed by atoms with Gasteiger partial charge in [-0.2, -0.15) is 0 Å². The lowest BCUT2D eigenvalue weighted by molar-refractivity contribution is -0.117. The fraction of sp³-hybridized carbons (Fsp3) is 0.150. The van der Waals surface area contributed by atoms with Crippen LogP contribution in [0.1, 0.15) is 12.0 Å². The first-order valence-electron chi connectivity index (χ1n) is 8.29. The number of carbonyl (C=O) groups is 1. The number of ether oxygens (including phenoxy) is 1. The van der Waals surface area contributed by atoms with E-state index in [1.807, 2.05) is 36.6 Å². The van der Waals surface area contributed by atoms with E-state index < -0.39 is 0 Å². The summed E-state index contributed by atoms with van der Waals surface area (Å²) in [6.07, 6.45) is 13.0. The zero-order valence-corrected chi connectivity index (χ0v) is 16.3. The summed E-state index contributed by atoms with van der Waals surface area (Å²) in [5.74, 6) is 0.307. The number of halogens is 1. The molecule has 5 nitrogen and oxygen atoms in total. The van der Waals surface area contributed by atoms with Crippen molar-refractivity contribution in [2.75, 3.05) is 6.26 Å². The minimum absolute atomic E-state index is 0.196. The highest BCUT2D eigenvalue weighted by molar-refractivity contribution is 7.98. The van der Waals surface area contributed by atoms with Crippen LogP contribution in [0.3, 0.4) is 0 Å². The van der Waals surface area contributed by atoms with Crippen LogP contribution >= 0.6 is 23.4 Å². The standard InChI is InChI=1S/C20H18ClN3O2S/c1-27-17-8-7-15(18(21)12-17)13-24-19(25)14-5-2-3-6-16(11-14)26-20-22-9-4-10-23-20/h3-12H,2,13H2,1H3,(H,24,25). The number of aromatic nitrogens is 2. The predicted molar refractivity (Wildman–Crippen MR) is 108 cm³/mol. The Labute approximate surface area is 167 Å². The summed E-state index contributed by atoms with van der Waals surface area (Å²) in [7, 11) is 0. The largest absolute Gasteiger partial charge is 0.424 e. The highest BCUT2D eigenvalue weighted by Crippen LogP contribution is 2.23. The van der Waals surface area contributed by atoms with Gasteiger partial charge in [-0.25, -0.2) is 9.97 Å². The lowest BCUT2D eigenvalue weighted by Gasteiger charge is -2.09. The van der Waals surface area contributed by atoms with E-state index in [1.165, 1.54) is 0 Å². The highest BCUT2D eigenvalue weighted by atomic mass is 35.5. The van der Waals surface area contributed by atoms with Crippen LogP contribution in [0.4, 0.5) is 0 Å². The number of rotatable bonds is 6. The molecule has 0 saturated carbocycles. The van der Waals surface area contributed by atoms with E-state index in [1.54, 1.807) is 42.4 Å². The second kappa shape index (κ2) is 9.39. The molecule has 0 unspecified atom stereocenters. The van der Waals surface area contributed by atoms with Crippen LogP contribution in [-0.2, 0) is 11.3 Å². The number of hydrogen-bond donors (Lipinski definition) is 1. The lowest BCUT2D eigenvalue weighted by atomic mass is 10.2. The van der Waals surface area contributed by atoms with Crippen LogP contribution in [0.5, 0.6) is 6.01 Å². The molecule has 0 atom stereocenters. The molecule has 7 heteroatoms. The number of carbonyl (C=O) groups excluding carboxylic acids is 1. The van der Waals surface area contributed by atoms with Crippen molar-refractivity contribution in [3.05, 3.63) is 82.9 Å². The van der Waals surface area contributed by atoms with Gasteiger partial charge in [0.2, 0.25) is 0 Å². The van der Waals surface area contributed by atoms with Gasteiger partial charge in [0, 0.05) is 34.4 Å². The Morgan fingerprint density at radius 3 is 2.89 bits per heavy atom. The SMILES string of the molecule is CSc1ccc(CNC(=O)C2=CCC=CC(Oc3ncccn3)=C2)c(Cl)c1. The van der Waals surface area contributed by atoms with E-state index in [2.05, 4.69) is 15.3 Å². The van der Waals surface area contributed by atoms with E-state index in [0.29, 0.717) is 29.3 Å². The molecule has 0 spiro atoms. The number of hydrogen-bond acceptors (Lipinski definition) is 5. The molecule has 27 heavy (non-hydrogen) atoms. The Hall–Kier alpha value is -2.57. The number of thioether (sulfide) groups is 1. The molecule has 1 amide bonds. The molecule has 0 aliphatic heterocycles. The van der Waals surface area contributed by atoms with Gasteiger partial charge in [-0.15, -0.1) is 11.8 Å². The van der Waals surface area contributed by atoms with Crippen molar-refractivity contribution < 1.29 is 9.53 Å². The van der Waals surface area contributed by atoms with Gasteiger partial charge in [-0.05, 0) is 48.6 Å². The Balaban J connectivity index is 1.66. The third-order valence-electron chi connectivity index (χ3n) is 3.77. The second-order valence-electron chi connectivity index (χ2n) is 5.62. The molecule has 1 aliphatic carbocycles. The fourth-order valence-corrected chi connectivity index (χ4v) is 3.13. The van der Waals surface area contributed by atoms with Gasteiger partial charge in [0.1, 0.15) is 5.76 Å². The molecule has 2 aromatic rings. The van der Waals surface area contributed by atoms with Crippen LogP contribution < -0.4 is 10.1 Å². The first-order valence-corrected chi connectivity index (χ1v) is 9.90. The molecule has 1 heterocycles. The summed E-state index contributed by atoms with van der Waals surface area (Å²) in [6, 6.07) is 7.75. The van der Waals surface area contributed by atoms with Crippen LogP contribution in [0, 0.1) is 0 Å². The van der Waals surface area contributed by atoms with Gasteiger partial charge in [-0.3, -0.25) is 4.79 Å². The van der Waals surface area contributed by atoms with Gasteiger partial charge in [0.25, 0.3) is 5.91 Å². The molecule has 0 saturated heterocycles. The number of allylic oxidation sites excluding steroid dienone is 3. The normalized spacial score (nSPS) is 13.4. The van der Waals surface area contributed by atoms with E-state index in [-0.39, 0.29) is 11.9 Å². The molecular formula is C20H18ClN3O2S. The van der Waals surface area contributed by atoms with Gasteiger partial charge in [-0.1, -0.05) is 29.8 Å². The second-order valence-corrected chi connectivity index (χ2v) is 6.90. The van der Waals surface area contributed by atoms with E-state index in [9.17, 15) is 4.79 Å². The van der Waals surface area contributed by atoms with Gasteiger partial charge in [0.15, 0.2) is 0 Å². The summed E-state index contributed by atoms with van der Waals surface area (Å²) in [5, 5.41) is 3.54. The van der Waals surface area contributed by atoms with Crippen molar-refractivity contribution in [2.45, 2.75) is 17.9 Å². The summed E-state index contributed by atoms with van der Waals surface area (Å²) in [4.78, 5) is 21.7. The molecule has 0 bridgehead atoms. The van der Waals surface area contributed by atoms with E-state index in [4.69, 9.17) is 16.3 Å². The van der Waals surface area contributed by atoms with Crippen LogP contribution in [-0.4, -0.2) is 22.1 Å². The Morgan fingerprint density at radius 1 is 1.33 bits per heavy atom. The molecule has 0 radical (unpaired) electrons. The zero-order chi connectivity index (χ0) is 19.1. The molecule has 1 N–H and O–H groups in total. The third kappa shape index (κ3) is 5.45. The number of nitrogens with one attached hydrogen (secondary N) is 1. The van der Waals surface area contributed by atoms with Crippen molar-refractivity contribution in [1.29, 1.82) is 0 Å². The zero-order valence-electron chi connectivity index (χ0n) is 14.7. The predicted octanol–water partition coefficient (Wildman–Crippen LogP) is 4.32. The van der Waals surface area contributed by atoms with Gasteiger partial charge in [0.05, 0.1) is 0 Å². The average molecular weight is 400 g/mol. The van der Waals surface area contributed by atoms with E-state index in [0.717, 1.165) is 10.5 Å². The maximum absolute atomic E-state index is 12.6. The van der Waals surface area contributed by atoms with Crippen LogP contribution in [0.15, 0.2) is 77.2 Å². The smallest absolute Gasteiger partial charge is 0.321 e. The molecule has 1 aromatic carbocycles. The minimum atomic E-state index is -0.196. The summed E-state index contributed by atoms with van der Waals surface area (Å²) < 4.78 is 5.63. The van der Waals surface area contributed by atoms with E-state index >= 15 is 0 Å². The highest BCUT2D eigenvalue weighted by Gasteiger charge is 2.12. The Morgan fingerprint density at radius 2 is 2.15 bits per heavy atom. The van der Waals surface area contributed by atoms with Crippen LogP contribution in [0.25, 0.3) is 0 Å². The topological polar surface area (TPSA) is 64.1 Å².